The lowest BCUT2D eigenvalue weighted by molar-refractivity contribution is -0.139. The lowest BCUT2D eigenvalue weighted by Crippen LogP contribution is -2.10. The van der Waals surface area contributed by atoms with E-state index in [2.05, 4.69) is 45.3 Å². The predicted octanol–water partition coefficient (Wildman–Crippen LogP) is 4.47. The van der Waals surface area contributed by atoms with Gasteiger partial charge in [0.1, 0.15) is 0 Å². The van der Waals surface area contributed by atoms with E-state index in [0.29, 0.717) is 5.69 Å². The van der Waals surface area contributed by atoms with Crippen LogP contribution >= 0.6 is 15.9 Å². The van der Waals surface area contributed by atoms with Gasteiger partial charge in [-0.3, -0.25) is 9.78 Å². The number of hydrogen-bond acceptors (Lipinski definition) is 5. The van der Waals surface area contributed by atoms with Crippen LogP contribution in [0.2, 0.25) is 0 Å². The summed E-state index contributed by atoms with van der Waals surface area (Å²) in [6.45, 7) is 2.08. The summed E-state index contributed by atoms with van der Waals surface area (Å²) in [6, 6.07) is 14.0. The highest BCUT2D eigenvalue weighted by Crippen LogP contribution is 2.34. The van der Waals surface area contributed by atoms with Crippen LogP contribution < -0.4 is 11.1 Å². The van der Waals surface area contributed by atoms with E-state index < -0.39 is 0 Å². The van der Waals surface area contributed by atoms with Gasteiger partial charge in [-0.1, -0.05) is 46.3 Å². The third-order valence-corrected chi connectivity index (χ3v) is 5.03. The molecule has 0 saturated heterocycles. The molecule has 0 aliphatic heterocycles. The summed E-state index contributed by atoms with van der Waals surface area (Å²) in [7, 11) is 1.38. The molecule has 0 saturated carbocycles. The predicted molar refractivity (Wildman–Crippen MR) is 108 cm³/mol. The van der Waals surface area contributed by atoms with Crippen molar-refractivity contribution in [2.45, 2.75) is 19.4 Å². The molecule has 1 atom stereocenters. The molecular formula is C20H20BrN3O2. The van der Waals surface area contributed by atoms with E-state index in [-0.39, 0.29) is 18.4 Å². The number of carbonyl (C=O) groups excluding carboxylic acids is 1. The van der Waals surface area contributed by atoms with Crippen molar-refractivity contribution in [3.63, 3.8) is 0 Å². The first-order valence-corrected chi connectivity index (χ1v) is 9.03. The topological polar surface area (TPSA) is 77.2 Å². The van der Waals surface area contributed by atoms with Gasteiger partial charge in [0.2, 0.25) is 0 Å². The van der Waals surface area contributed by atoms with E-state index >= 15 is 0 Å². The molecule has 0 amide bonds. The summed E-state index contributed by atoms with van der Waals surface area (Å²) < 4.78 is 5.60. The second-order valence-corrected chi connectivity index (χ2v) is 6.93. The Labute approximate surface area is 160 Å². The van der Waals surface area contributed by atoms with Crippen LogP contribution in [-0.2, 0) is 16.0 Å². The first-order chi connectivity index (χ1) is 12.5. The number of nitrogens with zero attached hydrogens (tertiary/aromatic N) is 1. The average molecular weight is 414 g/mol. The summed E-state index contributed by atoms with van der Waals surface area (Å²) in [5, 5.41) is 4.36. The number of pyridine rings is 1. The zero-order valence-corrected chi connectivity index (χ0v) is 16.2. The Morgan fingerprint density at radius 3 is 2.73 bits per heavy atom. The summed E-state index contributed by atoms with van der Waals surface area (Å²) >= 11 is 3.51. The molecule has 0 unspecified atom stereocenters. The number of nitrogens with two attached hydrogens (primary N) is 1. The first-order valence-electron chi connectivity index (χ1n) is 8.24. The Hall–Kier alpha value is -2.60. The minimum atomic E-state index is -0.297. The van der Waals surface area contributed by atoms with Gasteiger partial charge in [0, 0.05) is 15.9 Å². The van der Waals surface area contributed by atoms with Crippen LogP contribution in [0.5, 0.6) is 0 Å². The minimum absolute atomic E-state index is 0.0665. The summed E-state index contributed by atoms with van der Waals surface area (Å²) in [5.41, 5.74) is 10.3. The quantitative estimate of drug-likeness (QED) is 0.603. The van der Waals surface area contributed by atoms with Crippen LogP contribution in [0.25, 0.3) is 10.9 Å². The van der Waals surface area contributed by atoms with Crippen molar-refractivity contribution in [1.82, 2.24) is 4.98 Å². The summed E-state index contributed by atoms with van der Waals surface area (Å²) in [5.74, 6) is -0.297. The van der Waals surface area contributed by atoms with E-state index in [1.165, 1.54) is 7.11 Å². The van der Waals surface area contributed by atoms with Crippen LogP contribution in [0.3, 0.4) is 0 Å². The minimum Gasteiger partial charge on any atom is -0.469 e. The number of carbonyl (C=O) groups is 1. The first kappa shape index (κ1) is 18.2. The number of hydrogen-bond donors (Lipinski definition) is 2. The number of anilines is 2. The standard InChI is InChI=1S/C20H20BrN3O2/c1-12(13-6-4-3-5-7-13)24-20-15-8-14(9-19(25)26-2)16(21)10-18(15)23-11-17(20)22/h3-8,10-12H,9,22H2,1-2H3,(H,23,24)/t12-/m1/s1. The molecule has 1 aromatic heterocycles. The van der Waals surface area contributed by atoms with Gasteiger partial charge in [-0.05, 0) is 30.2 Å². The Morgan fingerprint density at radius 1 is 1.31 bits per heavy atom. The maximum absolute atomic E-state index is 11.7. The van der Waals surface area contributed by atoms with Crippen molar-refractivity contribution in [1.29, 1.82) is 0 Å². The van der Waals surface area contributed by atoms with Crippen molar-refractivity contribution in [3.05, 3.63) is 64.3 Å². The lowest BCUT2D eigenvalue weighted by atomic mass is 10.0. The number of nitrogens with one attached hydrogen (secondary N) is 1. The molecule has 0 bridgehead atoms. The highest BCUT2D eigenvalue weighted by atomic mass is 79.9. The maximum Gasteiger partial charge on any atom is 0.310 e. The Bertz CT molecular complexity index is 945. The van der Waals surface area contributed by atoms with Gasteiger partial charge in [-0.25, -0.2) is 0 Å². The molecule has 26 heavy (non-hydrogen) atoms. The fourth-order valence-corrected chi connectivity index (χ4v) is 3.31. The van der Waals surface area contributed by atoms with Crippen LogP contribution in [-0.4, -0.2) is 18.1 Å². The molecule has 134 valence electrons. The number of halogens is 1. The van der Waals surface area contributed by atoms with Gasteiger partial charge in [-0.2, -0.15) is 0 Å². The van der Waals surface area contributed by atoms with Crippen LogP contribution in [0.4, 0.5) is 11.4 Å². The smallest absolute Gasteiger partial charge is 0.310 e. The molecule has 3 N–H and O–H groups in total. The number of nitrogen functional groups attached to an aromatic ring is 1. The van der Waals surface area contributed by atoms with Gasteiger partial charge in [0.25, 0.3) is 0 Å². The largest absolute Gasteiger partial charge is 0.469 e. The number of ether oxygens (including phenoxy) is 1. The van der Waals surface area contributed by atoms with E-state index in [9.17, 15) is 4.79 Å². The number of methoxy groups -OCH3 is 1. The van der Waals surface area contributed by atoms with Crippen LogP contribution in [0.1, 0.15) is 24.1 Å². The number of aromatic nitrogens is 1. The fraction of sp³-hybridized carbons (Fsp3) is 0.200. The maximum atomic E-state index is 11.7. The Kier molecular flexibility index (Phi) is 5.42. The third kappa shape index (κ3) is 3.80. The van der Waals surface area contributed by atoms with Gasteiger partial charge in [0.05, 0.1) is 36.6 Å². The van der Waals surface area contributed by atoms with Gasteiger partial charge in [0.15, 0.2) is 0 Å². The number of fused-ring (bicyclic) bond motifs is 1. The molecular weight excluding hydrogens is 394 g/mol. The molecule has 1 heterocycles. The van der Waals surface area contributed by atoms with E-state index in [4.69, 9.17) is 10.5 Å². The average Bonchev–Trinajstić information content (AvgIpc) is 2.65. The molecule has 0 aliphatic carbocycles. The van der Waals surface area contributed by atoms with Crippen molar-refractivity contribution < 1.29 is 9.53 Å². The van der Waals surface area contributed by atoms with Crippen molar-refractivity contribution in [2.24, 2.45) is 0 Å². The molecule has 0 spiro atoms. The van der Waals surface area contributed by atoms with Crippen LogP contribution in [0, 0.1) is 0 Å². The molecule has 6 heteroatoms. The normalized spacial score (nSPS) is 12.0. The summed E-state index contributed by atoms with van der Waals surface area (Å²) in [6.07, 6.45) is 1.82. The Morgan fingerprint density at radius 2 is 2.04 bits per heavy atom. The number of esters is 1. The second-order valence-electron chi connectivity index (χ2n) is 6.08. The SMILES string of the molecule is COC(=O)Cc1cc2c(N[C@H](C)c3ccccc3)c(N)cnc2cc1Br. The highest BCUT2D eigenvalue weighted by molar-refractivity contribution is 9.10. The molecule has 2 aromatic carbocycles. The zero-order chi connectivity index (χ0) is 18.7. The molecule has 0 fully saturated rings. The van der Waals surface area contributed by atoms with Crippen molar-refractivity contribution in [3.8, 4) is 0 Å². The molecule has 0 radical (unpaired) electrons. The van der Waals surface area contributed by atoms with E-state index in [0.717, 1.165) is 32.2 Å². The van der Waals surface area contributed by atoms with Crippen molar-refractivity contribution in [2.75, 3.05) is 18.2 Å². The molecule has 5 nitrogen and oxygen atoms in total. The molecule has 3 rings (SSSR count). The zero-order valence-electron chi connectivity index (χ0n) is 14.6. The molecule has 3 aromatic rings. The number of benzene rings is 2. The lowest BCUT2D eigenvalue weighted by Gasteiger charge is -2.19. The third-order valence-electron chi connectivity index (χ3n) is 4.29. The number of rotatable bonds is 5. The Balaban J connectivity index is 2.04. The van der Waals surface area contributed by atoms with Gasteiger partial charge < -0.3 is 15.8 Å². The highest BCUT2D eigenvalue weighted by Gasteiger charge is 2.15. The van der Waals surface area contributed by atoms with E-state index in [1.807, 2.05) is 30.3 Å². The van der Waals surface area contributed by atoms with Gasteiger partial charge >= 0.3 is 5.97 Å². The monoisotopic (exact) mass is 413 g/mol. The molecule has 0 aliphatic rings. The fourth-order valence-electron chi connectivity index (χ4n) is 2.84. The van der Waals surface area contributed by atoms with Crippen LogP contribution in [0.15, 0.2) is 53.1 Å². The second kappa shape index (κ2) is 7.74. The summed E-state index contributed by atoms with van der Waals surface area (Å²) in [4.78, 5) is 16.1. The van der Waals surface area contributed by atoms with Gasteiger partial charge in [-0.15, -0.1) is 0 Å². The van der Waals surface area contributed by atoms with Crippen molar-refractivity contribution >= 4 is 44.2 Å². The van der Waals surface area contributed by atoms with E-state index in [1.54, 1.807) is 6.20 Å².